The number of hydrogen-bond acceptors (Lipinski definition) is 3. The molecule has 2 N–H and O–H groups in total. The summed E-state index contributed by atoms with van der Waals surface area (Å²) in [5, 5.41) is 0.117. The average Bonchev–Trinajstić information content (AvgIpc) is 2.67. The van der Waals surface area contributed by atoms with Crippen LogP contribution in [0.1, 0.15) is 33.1 Å². The Balaban J connectivity index is 2.57. The zero-order chi connectivity index (χ0) is 11.3. The van der Waals surface area contributed by atoms with Gasteiger partial charge in [-0.2, -0.15) is 0 Å². The fraction of sp³-hybridized carbons (Fsp3) is 0.667. The van der Waals surface area contributed by atoms with Gasteiger partial charge in [-0.15, -0.1) is 0 Å². The summed E-state index contributed by atoms with van der Waals surface area (Å²) in [5.41, 5.74) is 0. The SMILES string of the molecule is CCCCC(C)NS(=O)(=O)c1cnc[nH]1. The molecule has 0 radical (unpaired) electrons. The van der Waals surface area contributed by atoms with E-state index in [1.165, 1.54) is 12.5 Å². The van der Waals surface area contributed by atoms with E-state index in [0.29, 0.717) is 0 Å². The van der Waals surface area contributed by atoms with Crippen molar-refractivity contribution in [2.24, 2.45) is 0 Å². The van der Waals surface area contributed by atoms with Crippen molar-refractivity contribution in [2.45, 2.75) is 44.2 Å². The van der Waals surface area contributed by atoms with Gasteiger partial charge in [-0.1, -0.05) is 19.8 Å². The van der Waals surface area contributed by atoms with Crippen LogP contribution < -0.4 is 4.72 Å². The number of hydrogen-bond donors (Lipinski definition) is 2. The van der Waals surface area contributed by atoms with E-state index >= 15 is 0 Å². The van der Waals surface area contributed by atoms with E-state index in [4.69, 9.17) is 0 Å². The molecule has 6 heteroatoms. The Morgan fingerprint density at radius 2 is 2.33 bits per heavy atom. The Hall–Kier alpha value is -0.880. The first-order chi connectivity index (χ1) is 7.06. The summed E-state index contributed by atoms with van der Waals surface area (Å²) in [5.74, 6) is 0. The highest BCUT2D eigenvalue weighted by molar-refractivity contribution is 7.89. The molecule has 0 fully saturated rings. The minimum Gasteiger partial charge on any atom is -0.335 e. The maximum Gasteiger partial charge on any atom is 0.257 e. The highest BCUT2D eigenvalue weighted by atomic mass is 32.2. The molecule has 1 atom stereocenters. The Morgan fingerprint density at radius 1 is 1.60 bits per heavy atom. The van der Waals surface area contributed by atoms with E-state index in [9.17, 15) is 8.42 Å². The van der Waals surface area contributed by atoms with Gasteiger partial charge in [-0.25, -0.2) is 18.1 Å². The molecule has 1 heterocycles. The van der Waals surface area contributed by atoms with E-state index in [2.05, 4.69) is 21.6 Å². The molecule has 1 aromatic rings. The predicted molar refractivity (Wildman–Crippen MR) is 57.9 cm³/mol. The van der Waals surface area contributed by atoms with Gasteiger partial charge in [-0.05, 0) is 13.3 Å². The fourth-order valence-electron chi connectivity index (χ4n) is 1.29. The van der Waals surface area contributed by atoms with Gasteiger partial charge < -0.3 is 4.98 Å². The fourth-order valence-corrected chi connectivity index (χ4v) is 2.47. The Labute approximate surface area is 90.4 Å². The summed E-state index contributed by atoms with van der Waals surface area (Å²) in [7, 11) is -3.41. The van der Waals surface area contributed by atoms with Crippen LogP contribution in [0.25, 0.3) is 0 Å². The van der Waals surface area contributed by atoms with E-state index in [1.807, 2.05) is 6.92 Å². The van der Waals surface area contributed by atoms with Gasteiger partial charge in [0.15, 0.2) is 5.03 Å². The highest BCUT2D eigenvalue weighted by Gasteiger charge is 2.17. The van der Waals surface area contributed by atoms with Gasteiger partial charge in [-0.3, -0.25) is 0 Å². The van der Waals surface area contributed by atoms with Crippen LogP contribution in [0.3, 0.4) is 0 Å². The van der Waals surface area contributed by atoms with Gasteiger partial charge >= 0.3 is 0 Å². The van der Waals surface area contributed by atoms with Crippen LogP contribution in [-0.2, 0) is 10.0 Å². The lowest BCUT2D eigenvalue weighted by atomic mass is 10.2. The molecule has 0 aliphatic carbocycles. The first kappa shape index (κ1) is 12.2. The van der Waals surface area contributed by atoms with Crippen molar-refractivity contribution in [1.29, 1.82) is 0 Å². The predicted octanol–water partition coefficient (Wildman–Crippen LogP) is 1.27. The number of nitrogens with zero attached hydrogens (tertiary/aromatic N) is 1. The van der Waals surface area contributed by atoms with Crippen molar-refractivity contribution < 1.29 is 8.42 Å². The zero-order valence-corrected chi connectivity index (χ0v) is 9.84. The molecule has 0 bridgehead atoms. The van der Waals surface area contributed by atoms with Crippen molar-refractivity contribution in [3.05, 3.63) is 12.5 Å². The molecule has 0 aliphatic heterocycles. The second-order valence-electron chi connectivity index (χ2n) is 3.58. The van der Waals surface area contributed by atoms with Gasteiger partial charge in [0.1, 0.15) is 0 Å². The van der Waals surface area contributed by atoms with Crippen LogP contribution >= 0.6 is 0 Å². The van der Waals surface area contributed by atoms with Gasteiger partial charge in [0.05, 0.1) is 12.5 Å². The number of unbranched alkanes of at least 4 members (excludes halogenated alkanes) is 1. The molecular formula is C9H17N3O2S. The van der Waals surface area contributed by atoms with Crippen molar-refractivity contribution >= 4 is 10.0 Å². The van der Waals surface area contributed by atoms with Crippen LogP contribution in [0.15, 0.2) is 17.6 Å². The van der Waals surface area contributed by atoms with E-state index < -0.39 is 10.0 Å². The number of imidazole rings is 1. The normalized spacial score (nSPS) is 14.0. The molecular weight excluding hydrogens is 214 g/mol. The number of aromatic nitrogens is 2. The van der Waals surface area contributed by atoms with E-state index in [-0.39, 0.29) is 11.1 Å². The molecule has 86 valence electrons. The van der Waals surface area contributed by atoms with E-state index in [1.54, 1.807) is 0 Å². The first-order valence-corrected chi connectivity index (χ1v) is 6.55. The zero-order valence-electron chi connectivity index (χ0n) is 9.03. The van der Waals surface area contributed by atoms with Crippen LogP contribution in [0.2, 0.25) is 0 Å². The van der Waals surface area contributed by atoms with Crippen LogP contribution in [-0.4, -0.2) is 24.4 Å². The number of aromatic amines is 1. The average molecular weight is 231 g/mol. The topological polar surface area (TPSA) is 74.8 Å². The highest BCUT2D eigenvalue weighted by Crippen LogP contribution is 2.06. The third-order valence-electron chi connectivity index (χ3n) is 2.11. The Bertz CT molecular complexity index is 372. The Morgan fingerprint density at radius 3 is 2.87 bits per heavy atom. The van der Waals surface area contributed by atoms with Crippen LogP contribution in [0.5, 0.6) is 0 Å². The largest absolute Gasteiger partial charge is 0.335 e. The number of H-pyrrole nitrogens is 1. The van der Waals surface area contributed by atoms with Gasteiger partial charge in [0.25, 0.3) is 10.0 Å². The molecule has 1 aromatic heterocycles. The summed E-state index contributed by atoms with van der Waals surface area (Å²) in [6, 6.07) is -0.0433. The second kappa shape index (κ2) is 5.27. The van der Waals surface area contributed by atoms with Crippen molar-refractivity contribution in [1.82, 2.24) is 14.7 Å². The lowest BCUT2D eigenvalue weighted by Gasteiger charge is -2.12. The van der Waals surface area contributed by atoms with Gasteiger partial charge in [0.2, 0.25) is 0 Å². The maximum atomic E-state index is 11.7. The third kappa shape index (κ3) is 3.64. The number of rotatable bonds is 6. The van der Waals surface area contributed by atoms with Gasteiger partial charge in [0, 0.05) is 6.04 Å². The van der Waals surface area contributed by atoms with E-state index in [0.717, 1.165) is 19.3 Å². The molecule has 1 rings (SSSR count). The van der Waals surface area contributed by atoms with Crippen molar-refractivity contribution in [3.63, 3.8) is 0 Å². The minimum atomic E-state index is -3.41. The minimum absolute atomic E-state index is 0.0433. The standard InChI is InChI=1S/C9H17N3O2S/c1-3-4-5-8(2)12-15(13,14)9-6-10-7-11-9/h6-8,12H,3-5H2,1-2H3,(H,10,11). The number of sulfonamides is 1. The smallest absolute Gasteiger partial charge is 0.257 e. The molecule has 1 unspecified atom stereocenters. The monoisotopic (exact) mass is 231 g/mol. The van der Waals surface area contributed by atoms with Crippen molar-refractivity contribution in [2.75, 3.05) is 0 Å². The maximum absolute atomic E-state index is 11.7. The summed E-state index contributed by atoms with van der Waals surface area (Å²) >= 11 is 0. The first-order valence-electron chi connectivity index (χ1n) is 5.07. The lowest BCUT2D eigenvalue weighted by molar-refractivity contribution is 0.532. The molecule has 0 saturated heterocycles. The summed E-state index contributed by atoms with van der Waals surface area (Å²) in [4.78, 5) is 6.26. The van der Waals surface area contributed by atoms with Crippen LogP contribution in [0, 0.1) is 0 Å². The molecule has 15 heavy (non-hydrogen) atoms. The van der Waals surface area contributed by atoms with Crippen LogP contribution in [0.4, 0.5) is 0 Å². The molecule has 5 nitrogen and oxygen atoms in total. The summed E-state index contributed by atoms with van der Waals surface area (Å²) in [6.07, 6.45) is 5.59. The molecule has 0 aromatic carbocycles. The molecule has 0 spiro atoms. The second-order valence-corrected chi connectivity index (χ2v) is 5.26. The molecule has 0 aliphatic rings. The lowest BCUT2D eigenvalue weighted by Crippen LogP contribution is -2.32. The molecule has 0 saturated carbocycles. The summed E-state index contributed by atoms with van der Waals surface area (Å²) < 4.78 is 26.0. The number of nitrogens with one attached hydrogen (secondary N) is 2. The Kier molecular flexibility index (Phi) is 4.28. The third-order valence-corrected chi connectivity index (χ3v) is 3.62. The molecule has 0 amide bonds. The quantitative estimate of drug-likeness (QED) is 0.774. The van der Waals surface area contributed by atoms with Crippen molar-refractivity contribution in [3.8, 4) is 0 Å². The summed E-state index contributed by atoms with van der Waals surface area (Å²) in [6.45, 7) is 3.94.